The first-order valence-electron chi connectivity index (χ1n) is 5.32. The fourth-order valence-corrected chi connectivity index (χ4v) is 1.28. The summed E-state index contributed by atoms with van der Waals surface area (Å²) in [5.74, 6) is 0.865. The zero-order chi connectivity index (χ0) is 9.10. The molecule has 0 spiro atoms. The molecule has 2 fully saturated rings. The summed E-state index contributed by atoms with van der Waals surface area (Å²) >= 11 is 0. The van der Waals surface area contributed by atoms with Crippen molar-refractivity contribution >= 4 is 0 Å². The Bertz CT molecular complexity index is 183. The lowest BCUT2D eigenvalue weighted by molar-refractivity contribution is 0.144. The fourth-order valence-electron chi connectivity index (χ4n) is 1.28. The van der Waals surface area contributed by atoms with Crippen LogP contribution in [0, 0.1) is 5.92 Å². The van der Waals surface area contributed by atoms with E-state index in [-0.39, 0.29) is 0 Å². The lowest BCUT2D eigenvalue weighted by Crippen LogP contribution is -2.20. The van der Waals surface area contributed by atoms with Crippen molar-refractivity contribution in [2.75, 3.05) is 19.8 Å². The maximum Gasteiger partial charge on any atom is 0.0686 e. The van der Waals surface area contributed by atoms with Crippen molar-refractivity contribution in [2.24, 2.45) is 5.92 Å². The molecule has 13 heavy (non-hydrogen) atoms. The minimum Gasteiger partial charge on any atom is -0.377 e. The van der Waals surface area contributed by atoms with E-state index in [1.54, 1.807) is 0 Å². The first-order valence-corrected chi connectivity index (χ1v) is 5.32. The number of nitrogens with one attached hydrogen (secondary N) is 1. The van der Waals surface area contributed by atoms with E-state index in [4.69, 9.17) is 4.74 Å². The Morgan fingerprint density at radius 1 is 1.31 bits per heavy atom. The Morgan fingerprint density at radius 3 is 2.69 bits per heavy atom. The summed E-state index contributed by atoms with van der Waals surface area (Å²) in [7, 11) is 0. The first-order chi connectivity index (χ1) is 6.34. The smallest absolute Gasteiger partial charge is 0.0686 e. The molecule has 0 radical (unpaired) electrons. The normalized spacial score (nSPS) is 21.8. The molecule has 2 aliphatic carbocycles. The summed E-state index contributed by atoms with van der Waals surface area (Å²) in [4.78, 5) is 0. The third-order valence-corrected chi connectivity index (χ3v) is 2.57. The third kappa shape index (κ3) is 3.92. The van der Waals surface area contributed by atoms with Gasteiger partial charge in [0, 0.05) is 19.2 Å². The predicted octanol–water partition coefficient (Wildman–Crippen LogP) is 1.72. The molecular formula is C11H19NO. The van der Waals surface area contributed by atoms with E-state index in [1.165, 1.54) is 31.3 Å². The van der Waals surface area contributed by atoms with Gasteiger partial charge in [-0.25, -0.2) is 0 Å². The van der Waals surface area contributed by atoms with Crippen LogP contribution in [0.3, 0.4) is 0 Å². The van der Waals surface area contributed by atoms with E-state index in [2.05, 4.69) is 11.9 Å². The van der Waals surface area contributed by atoms with Gasteiger partial charge in [-0.05, 0) is 37.2 Å². The molecule has 2 nitrogen and oxygen atoms in total. The largest absolute Gasteiger partial charge is 0.377 e. The van der Waals surface area contributed by atoms with Crippen LogP contribution in [0.2, 0.25) is 0 Å². The molecule has 0 atom stereocenters. The van der Waals surface area contributed by atoms with Gasteiger partial charge in [0.2, 0.25) is 0 Å². The van der Waals surface area contributed by atoms with E-state index >= 15 is 0 Å². The van der Waals surface area contributed by atoms with Gasteiger partial charge < -0.3 is 10.1 Å². The van der Waals surface area contributed by atoms with Crippen molar-refractivity contribution in [3.05, 3.63) is 12.2 Å². The Morgan fingerprint density at radius 2 is 2.08 bits per heavy atom. The van der Waals surface area contributed by atoms with Crippen molar-refractivity contribution in [1.29, 1.82) is 0 Å². The standard InChI is InChI=1S/C11H19NO/c1-9(6-12-11-4-5-11)7-13-8-10-2-3-10/h10-12H,1-8H2. The molecule has 0 aromatic rings. The zero-order valence-electron chi connectivity index (χ0n) is 8.22. The number of hydrogen-bond donors (Lipinski definition) is 1. The summed E-state index contributed by atoms with van der Waals surface area (Å²) in [6.45, 7) is 6.62. The van der Waals surface area contributed by atoms with Gasteiger partial charge in [-0.1, -0.05) is 6.58 Å². The van der Waals surface area contributed by atoms with E-state index in [9.17, 15) is 0 Å². The molecule has 0 bridgehead atoms. The van der Waals surface area contributed by atoms with Crippen molar-refractivity contribution < 1.29 is 4.74 Å². The highest BCUT2D eigenvalue weighted by atomic mass is 16.5. The molecule has 2 heteroatoms. The van der Waals surface area contributed by atoms with Gasteiger partial charge in [-0.2, -0.15) is 0 Å². The lowest BCUT2D eigenvalue weighted by Gasteiger charge is -2.07. The maximum absolute atomic E-state index is 5.53. The second kappa shape index (κ2) is 4.25. The van der Waals surface area contributed by atoms with Gasteiger partial charge >= 0.3 is 0 Å². The molecule has 2 saturated carbocycles. The Balaban J connectivity index is 1.44. The molecule has 0 heterocycles. The van der Waals surface area contributed by atoms with Crippen molar-refractivity contribution in [2.45, 2.75) is 31.7 Å². The van der Waals surface area contributed by atoms with Crippen LogP contribution < -0.4 is 5.32 Å². The lowest BCUT2D eigenvalue weighted by atomic mass is 10.3. The molecule has 0 amide bonds. The highest BCUT2D eigenvalue weighted by molar-refractivity contribution is 4.99. The van der Waals surface area contributed by atoms with Gasteiger partial charge in [0.05, 0.1) is 6.61 Å². The van der Waals surface area contributed by atoms with Crippen LogP contribution in [0.25, 0.3) is 0 Å². The molecule has 0 aromatic carbocycles. The first kappa shape index (κ1) is 9.22. The molecule has 1 N–H and O–H groups in total. The summed E-state index contributed by atoms with van der Waals surface area (Å²) in [5, 5.41) is 3.43. The molecule has 2 aliphatic rings. The van der Waals surface area contributed by atoms with Crippen molar-refractivity contribution in [1.82, 2.24) is 5.32 Å². The topological polar surface area (TPSA) is 21.3 Å². The molecule has 0 aliphatic heterocycles. The van der Waals surface area contributed by atoms with Crippen LogP contribution in [0.1, 0.15) is 25.7 Å². The van der Waals surface area contributed by atoms with Crippen LogP contribution in [-0.2, 0) is 4.74 Å². The van der Waals surface area contributed by atoms with Crippen LogP contribution in [0.15, 0.2) is 12.2 Å². The average molecular weight is 181 g/mol. The second-order valence-corrected chi connectivity index (χ2v) is 4.36. The second-order valence-electron chi connectivity index (χ2n) is 4.36. The van der Waals surface area contributed by atoms with Crippen molar-refractivity contribution in [3.63, 3.8) is 0 Å². The average Bonchev–Trinajstić information content (AvgIpc) is 2.97. The van der Waals surface area contributed by atoms with E-state index in [1.807, 2.05) is 0 Å². The molecule has 0 aromatic heterocycles. The number of rotatable bonds is 7. The number of ether oxygens (including phenoxy) is 1. The van der Waals surface area contributed by atoms with Gasteiger partial charge in [-0.15, -0.1) is 0 Å². The number of hydrogen-bond acceptors (Lipinski definition) is 2. The summed E-state index contributed by atoms with van der Waals surface area (Å²) in [5.41, 5.74) is 1.19. The highest BCUT2D eigenvalue weighted by Crippen LogP contribution is 2.28. The molecule has 0 saturated heterocycles. The monoisotopic (exact) mass is 181 g/mol. The highest BCUT2D eigenvalue weighted by Gasteiger charge is 2.22. The predicted molar refractivity (Wildman–Crippen MR) is 53.7 cm³/mol. The van der Waals surface area contributed by atoms with E-state index in [0.717, 1.165) is 31.7 Å². The summed E-state index contributed by atoms with van der Waals surface area (Å²) < 4.78 is 5.53. The molecule has 0 unspecified atom stereocenters. The van der Waals surface area contributed by atoms with Crippen LogP contribution >= 0.6 is 0 Å². The van der Waals surface area contributed by atoms with E-state index in [0.29, 0.717) is 0 Å². The molecule has 2 rings (SSSR count). The Hall–Kier alpha value is -0.340. The zero-order valence-corrected chi connectivity index (χ0v) is 8.22. The van der Waals surface area contributed by atoms with Gasteiger partial charge in [0.15, 0.2) is 0 Å². The minimum absolute atomic E-state index is 0.746. The van der Waals surface area contributed by atoms with Crippen LogP contribution in [-0.4, -0.2) is 25.8 Å². The Labute approximate surface area is 80.4 Å². The minimum atomic E-state index is 0.746. The van der Waals surface area contributed by atoms with Crippen molar-refractivity contribution in [3.8, 4) is 0 Å². The summed E-state index contributed by atoms with van der Waals surface area (Å²) in [6, 6.07) is 0.778. The van der Waals surface area contributed by atoms with Gasteiger partial charge in [0.1, 0.15) is 0 Å². The molecule has 74 valence electrons. The van der Waals surface area contributed by atoms with Gasteiger partial charge in [0.25, 0.3) is 0 Å². The quantitative estimate of drug-likeness (QED) is 0.604. The van der Waals surface area contributed by atoms with E-state index < -0.39 is 0 Å². The molecular weight excluding hydrogens is 162 g/mol. The summed E-state index contributed by atoms with van der Waals surface area (Å²) in [6.07, 6.45) is 5.42. The van der Waals surface area contributed by atoms with Gasteiger partial charge in [-0.3, -0.25) is 0 Å². The van der Waals surface area contributed by atoms with Crippen LogP contribution in [0.4, 0.5) is 0 Å². The fraction of sp³-hybridized carbons (Fsp3) is 0.818. The SMILES string of the molecule is C=C(CNC1CC1)COCC1CC1. The third-order valence-electron chi connectivity index (χ3n) is 2.57. The maximum atomic E-state index is 5.53. The van der Waals surface area contributed by atoms with Crippen LogP contribution in [0.5, 0.6) is 0 Å². The Kier molecular flexibility index (Phi) is 3.01.